The van der Waals surface area contributed by atoms with Gasteiger partial charge in [0.1, 0.15) is 5.82 Å². The Hall–Kier alpha value is -1.11. The molecular formula is C28H43F. The molecule has 2 fully saturated rings. The number of halogens is 1. The highest BCUT2D eigenvalue weighted by atomic mass is 19.1. The Morgan fingerprint density at radius 2 is 1.28 bits per heavy atom. The van der Waals surface area contributed by atoms with Gasteiger partial charge >= 0.3 is 0 Å². The molecule has 0 amide bonds. The summed E-state index contributed by atoms with van der Waals surface area (Å²) in [5.41, 5.74) is 1.29. The van der Waals surface area contributed by atoms with Crippen LogP contribution in [0.2, 0.25) is 0 Å². The molecule has 1 aromatic rings. The molecule has 0 heterocycles. The van der Waals surface area contributed by atoms with Crippen LogP contribution < -0.4 is 0 Å². The molecule has 0 N–H and O–H groups in total. The molecule has 2 saturated carbocycles. The van der Waals surface area contributed by atoms with Gasteiger partial charge in [0.2, 0.25) is 0 Å². The highest BCUT2D eigenvalue weighted by molar-refractivity contribution is 5.16. The largest absolute Gasteiger partial charge is 0.207 e. The summed E-state index contributed by atoms with van der Waals surface area (Å²) >= 11 is 0. The fraction of sp³-hybridized carbons (Fsp3) is 0.714. The van der Waals surface area contributed by atoms with Gasteiger partial charge in [0.15, 0.2) is 0 Å². The van der Waals surface area contributed by atoms with Gasteiger partial charge in [-0.05, 0) is 106 Å². The van der Waals surface area contributed by atoms with E-state index in [0.717, 1.165) is 30.1 Å². The van der Waals surface area contributed by atoms with E-state index in [1.165, 1.54) is 95.5 Å². The van der Waals surface area contributed by atoms with Crippen LogP contribution in [-0.4, -0.2) is 0 Å². The van der Waals surface area contributed by atoms with E-state index in [1.54, 1.807) is 12.1 Å². The van der Waals surface area contributed by atoms with E-state index in [2.05, 4.69) is 19.1 Å². The standard InChI is InChI=1S/C28H43F/c1-2-3-4-5-6-23-7-9-24(10-8-23)11-12-25-13-15-26(16-14-25)17-18-27-19-21-28(29)22-20-27/h11-12,19-26H,2-10,13-18H2,1H3/b12-11+/t23-,24-,25-,26-. The maximum Gasteiger partial charge on any atom is 0.123 e. The van der Waals surface area contributed by atoms with Crippen LogP contribution >= 0.6 is 0 Å². The average molecular weight is 399 g/mol. The van der Waals surface area contributed by atoms with Crippen LogP contribution in [0.1, 0.15) is 102 Å². The minimum atomic E-state index is -0.124. The van der Waals surface area contributed by atoms with Crippen molar-refractivity contribution in [3.63, 3.8) is 0 Å². The third kappa shape index (κ3) is 8.27. The van der Waals surface area contributed by atoms with Gasteiger partial charge < -0.3 is 0 Å². The molecule has 0 bridgehead atoms. The molecule has 3 rings (SSSR count). The van der Waals surface area contributed by atoms with Crippen LogP contribution in [0.15, 0.2) is 36.4 Å². The molecule has 162 valence electrons. The summed E-state index contributed by atoms with van der Waals surface area (Å²) < 4.78 is 13.0. The van der Waals surface area contributed by atoms with Gasteiger partial charge in [-0.15, -0.1) is 0 Å². The van der Waals surface area contributed by atoms with Gasteiger partial charge in [-0.1, -0.05) is 63.3 Å². The lowest BCUT2D eigenvalue weighted by atomic mass is 9.77. The number of unbranched alkanes of at least 4 members (excludes halogenated alkanes) is 3. The zero-order chi connectivity index (χ0) is 20.3. The summed E-state index contributed by atoms with van der Waals surface area (Å²) in [6, 6.07) is 7.08. The van der Waals surface area contributed by atoms with E-state index < -0.39 is 0 Å². The Balaban J connectivity index is 1.27. The highest BCUT2D eigenvalue weighted by Gasteiger charge is 2.22. The minimum Gasteiger partial charge on any atom is -0.207 e. The average Bonchev–Trinajstić information content (AvgIpc) is 2.76. The Morgan fingerprint density at radius 1 is 0.724 bits per heavy atom. The summed E-state index contributed by atoms with van der Waals surface area (Å²) in [6.07, 6.45) is 26.0. The maximum atomic E-state index is 13.0. The smallest absolute Gasteiger partial charge is 0.123 e. The van der Waals surface area contributed by atoms with Crippen molar-refractivity contribution in [1.82, 2.24) is 0 Å². The molecule has 0 spiro atoms. The number of benzene rings is 1. The summed E-state index contributed by atoms with van der Waals surface area (Å²) in [6.45, 7) is 2.30. The van der Waals surface area contributed by atoms with Crippen molar-refractivity contribution >= 4 is 0 Å². The van der Waals surface area contributed by atoms with E-state index in [-0.39, 0.29) is 5.82 Å². The zero-order valence-corrected chi connectivity index (χ0v) is 18.8. The Labute approximate surface area is 179 Å². The molecule has 0 aromatic heterocycles. The van der Waals surface area contributed by atoms with Crippen LogP contribution in [-0.2, 0) is 6.42 Å². The number of aryl methyl sites for hydroxylation is 1. The van der Waals surface area contributed by atoms with Crippen molar-refractivity contribution in [1.29, 1.82) is 0 Å². The van der Waals surface area contributed by atoms with E-state index >= 15 is 0 Å². The number of rotatable bonds is 10. The Morgan fingerprint density at radius 3 is 1.83 bits per heavy atom. The van der Waals surface area contributed by atoms with Crippen LogP contribution in [0.4, 0.5) is 4.39 Å². The topological polar surface area (TPSA) is 0 Å². The van der Waals surface area contributed by atoms with Crippen molar-refractivity contribution < 1.29 is 4.39 Å². The van der Waals surface area contributed by atoms with Crippen molar-refractivity contribution in [3.8, 4) is 0 Å². The molecule has 0 nitrogen and oxygen atoms in total. The molecule has 0 saturated heterocycles. The van der Waals surface area contributed by atoms with Crippen molar-refractivity contribution in [2.24, 2.45) is 23.7 Å². The summed E-state index contributed by atoms with van der Waals surface area (Å²) in [4.78, 5) is 0. The SMILES string of the molecule is CCCCCC[C@H]1CC[C@H](/C=C/[C@H]2CC[C@H](CCc3ccc(F)cc3)CC2)CC1. The van der Waals surface area contributed by atoms with Gasteiger partial charge in [0.05, 0.1) is 0 Å². The first kappa shape index (κ1) is 22.6. The Kier molecular flexibility index (Phi) is 9.77. The molecular weight excluding hydrogens is 355 g/mol. The molecule has 1 aromatic carbocycles. The molecule has 1 heteroatoms. The predicted molar refractivity (Wildman–Crippen MR) is 124 cm³/mol. The first-order valence-corrected chi connectivity index (χ1v) is 12.7. The lowest BCUT2D eigenvalue weighted by Crippen LogP contribution is -2.15. The van der Waals surface area contributed by atoms with Gasteiger partial charge in [0, 0.05) is 0 Å². The summed E-state index contributed by atoms with van der Waals surface area (Å²) in [5.74, 6) is 3.45. The molecule has 0 radical (unpaired) electrons. The zero-order valence-electron chi connectivity index (χ0n) is 18.8. The van der Waals surface area contributed by atoms with E-state index in [4.69, 9.17) is 0 Å². The third-order valence-corrected chi connectivity index (χ3v) is 7.66. The summed E-state index contributed by atoms with van der Waals surface area (Å²) in [5, 5.41) is 0. The number of allylic oxidation sites excluding steroid dienone is 2. The third-order valence-electron chi connectivity index (χ3n) is 7.66. The molecule has 0 atom stereocenters. The second kappa shape index (κ2) is 12.6. The predicted octanol–water partition coefficient (Wildman–Crippen LogP) is 8.90. The van der Waals surface area contributed by atoms with E-state index in [1.807, 2.05) is 12.1 Å². The van der Waals surface area contributed by atoms with Crippen LogP contribution in [0.5, 0.6) is 0 Å². The second-order valence-electron chi connectivity index (χ2n) is 9.96. The maximum absolute atomic E-state index is 13.0. The minimum absolute atomic E-state index is 0.124. The van der Waals surface area contributed by atoms with E-state index in [9.17, 15) is 4.39 Å². The van der Waals surface area contributed by atoms with Crippen molar-refractivity contribution in [2.45, 2.75) is 103 Å². The molecule has 2 aliphatic carbocycles. The van der Waals surface area contributed by atoms with Crippen molar-refractivity contribution in [2.75, 3.05) is 0 Å². The quantitative estimate of drug-likeness (QED) is 0.272. The second-order valence-corrected chi connectivity index (χ2v) is 9.96. The molecule has 29 heavy (non-hydrogen) atoms. The first-order chi connectivity index (χ1) is 14.2. The van der Waals surface area contributed by atoms with Crippen molar-refractivity contribution in [3.05, 3.63) is 47.8 Å². The molecule has 0 unspecified atom stereocenters. The summed E-state index contributed by atoms with van der Waals surface area (Å²) in [7, 11) is 0. The fourth-order valence-electron chi connectivity index (χ4n) is 5.53. The van der Waals surface area contributed by atoms with Gasteiger partial charge in [-0.3, -0.25) is 0 Å². The molecule has 2 aliphatic rings. The van der Waals surface area contributed by atoms with Gasteiger partial charge in [0.25, 0.3) is 0 Å². The van der Waals surface area contributed by atoms with Crippen LogP contribution in [0, 0.1) is 29.5 Å². The first-order valence-electron chi connectivity index (χ1n) is 12.7. The van der Waals surface area contributed by atoms with Gasteiger partial charge in [-0.25, -0.2) is 4.39 Å². The number of hydrogen-bond donors (Lipinski definition) is 0. The van der Waals surface area contributed by atoms with Crippen LogP contribution in [0.3, 0.4) is 0 Å². The monoisotopic (exact) mass is 398 g/mol. The highest BCUT2D eigenvalue weighted by Crippen LogP contribution is 2.35. The van der Waals surface area contributed by atoms with Gasteiger partial charge in [-0.2, -0.15) is 0 Å². The van der Waals surface area contributed by atoms with E-state index in [0.29, 0.717) is 0 Å². The fourth-order valence-corrected chi connectivity index (χ4v) is 5.53. The number of hydrogen-bond acceptors (Lipinski definition) is 0. The Bertz CT molecular complexity index is 571. The normalized spacial score (nSPS) is 28.1. The lowest BCUT2D eigenvalue weighted by molar-refractivity contribution is 0.282. The lowest BCUT2D eigenvalue weighted by Gasteiger charge is -2.29. The molecule has 0 aliphatic heterocycles. The van der Waals surface area contributed by atoms with Crippen LogP contribution in [0.25, 0.3) is 0 Å².